The SMILES string of the molecule is CNC(=O)c1ccc(N2C(=S)N(c3cnc(C(C)C)c(C(F)(F)F)c3)C(=O)C23CCC3)cc1F. The molecule has 2 aliphatic rings. The summed E-state index contributed by atoms with van der Waals surface area (Å²) in [6, 6.07) is 4.75. The maximum Gasteiger partial charge on any atom is 0.418 e. The Morgan fingerprint density at radius 1 is 1.21 bits per heavy atom. The zero-order valence-corrected chi connectivity index (χ0v) is 19.5. The summed E-state index contributed by atoms with van der Waals surface area (Å²) in [5, 5.41) is 2.28. The quantitative estimate of drug-likeness (QED) is 0.490. The third kappa shape index (κ3) is 3.62. The lowest BCUT2D eigenvalue weighted by Crippen LogP contribution is -2.55. The summed E-state index contributed by atoms with van der Waals surface area (Å²) in [6.07, 6.45) is -1.94. The third-order valence-corrected chi connectivity index (χ3v) is 6.65. The van der Waals surface area contributed by atoms with Crippen LogP contribution in [0.25, 0.3) is 0 Å². The number of thiocarbonyl (C=S) groups is 1. The number of amides is 2. The molecule has 1 aliphatic heterocycles. The average molecular weight is 495 g/mol. The predicted molar refractivity (Wildman–Crippen MR) is 122 cm³/mol. The van der Waals surface area contributed by atoms with Gasteiger partial charge in [-0.1, -0.05) is 13.8 Å². The lowest BCUT2D eigenvalue weighted by molar-refractivity contribution is -0.138. The first-order chi connectivity index (χ1) is 15.9. The van der Waals surface area contributed by atoms with Crippen LogP contribution in [0.15, 0.2) is 30.5 Å². The van der Waals surface area contributed by atoms with E-state index < -0.39 is 40.8 Å². The number of nitrogens with one attached hydrogen (secondary N) is 1. The standard InChI is InChI=1S/C23H22F4N4O2S/c1-12(2)18-16(23(25,26)27)9-14(11-29-18)30-20(33)22(7-4-8-22)31(21(30)34)13-5-6-15(17(24)10-13)19(32)28-3/h5-6,9-12H,4,7-8H2,1-3H3,(H,28,32). The van der Waals surface area contributed by atoms with Crippen LogP contribution in [0.2, 0.25) is 0 Å². The Morgan fingerprint density at radius 3 is 2.38 bits per heavy atom. The summed E-state index contributed by atoms with van der Waals surface area (Å²) in [6.45, 7) is 3.20. The molecule has 180 valence electrons. The molecule has 2 heterocycles. The van der Waals surface area contributed by atoms with Crippen molar-refractivity contribution in [3.05, 3.63) is 53.1 Å². The average Bonchev–Trinajstić information content (AvgIpc) is 2.98. The molecular formula is C23H22F4N4O2S. The molecular weight excluding hydrogens is 472 g/mol. The van der Waals surface area contributed by atoms with E-state index in [1.165, 1.54) is 30.3 Å². The van der Waals surface area contributed by atoms with E-state index in [-0.39, 0.29) is 27.7 Å². The Morgan fingerprint density at radius 2 is 1.88 bits per heavy atom. The van der Waals surface area contributed by atoms with Gasteiger partial charge in [0, 0.05) is 12.7 Å². The van der Waals surface area contributed by atoms with Crippen LogP contribution in [0.4, 0.5) is 28.9 Å². The number of benzene rings is 1. The van der Waals surface area contributed by atoms with Crippen molar-refractivity contribution in [2.24, 2.45) is 0 Å². The first kappa shape index (κ1) is 24.1. The van der Waals surface area contributed by atoms with E-state index in [0.717, 1.165) is 17.0 Å². The molecule has 2 fully saturated rings. The lowest BCUT2D eigenvalue weighted by Gasteiger charge is -2.43. The number of aromatic nitrogens is 1. The second-order valence-electron chi connectivity index (χ2n) is 8.67. The van der Waals surface area contributed by atoms with E-state index in [4.69, 9.17) is 12.2 Å². The molecule has 4 rings (SSSR count). The van der Waals surface area contributed by atoms with Gasteiger partial charge in [-0.05, 0) is 61.7 Å². The Bertz CT molecular complexity index is 1190. The van der Waals surface area contributed by atoms with E-state index in [1.54, 1.807) is 13.8 Å². The molecule has 1 aromatic carbocycles. The number of anilines is 2. The first-order valence-electron chi connectivity index (χ1n) is 10.7. The van der Waals surface area contributed by atoms with Gasteiger partial charge in [-0.2, -0.15) is 13.2 Å². The number of nitrogens with zero attached hydrogens (tertiary/aromatic N) is 3. The number of carbonyl (C=O) groups is 2. The van der Waals surface area contributed by atoms with Gasteiger partial charge in [0.05, 0.1) is 28.7 Å². The highest BCUT2D eigenvalue weighted by molar-refractivity contribution is 7.81. The zero-order chi connectivity index (χ0) is 25.0. The highest BCUT2D eigenvalue weighted by Gasteiger charge is 2.59. The molecule has 0 bridgehead atoms. The van der Waals surface area contributed by atoms with Gasteiger partial charge in [-0.15, -0.1) is 0 Å². The van der Waals surface area contributed by atoms with Gasteiger partial charge in [0.15, 0.2) is 5.11 Å². The van der Waals surface area contributed by atoms with Crippen molar-refractivity contribution in [3.63, 3.8) is 0 Å². The van der Waals surface area contributed by atoms with Crippen molar-refractivity contribution in [1.82, 2.24) is 10.3 Å². The van der Waals surface area contributed by atoms with Gasteiger partial charge in [0.1, 0.15) is 11.4 Å². The van der Waals surface area contributed by atoms with Crippen LogP contribution >= 0.6 is 12.2 Å². The van der Waals surface area contributed by atoms with Crippen LogP contribution in [-0.4, -0.2) is 34.5 Å². The van der Waals surface area contributed by atoms with E-state index in [9.17, 15) is 27.2 Å². The number of carbonyl (C=O) groups excluding carboxylic acids is 2. The fourth-order valence-electron chi connectivity index (χ4n) is 4.44. The van der Waals surface area contributed by atoms with Crippen molar-refractivity contribution in [1.29, 1.82) is 0 Å². The van der Waals surface area contributed by atoms with Crippen molar-refractivity contribution >= 4 is 40.5 Å². The summed E-state index contributed by atoms with van der Waals surface area (Å²) in [7, 11) is 1.37. The number of halogens is 4. The topological polar surface area (TPSA) is 65.5 Å². The highest BCUT2D eigenvalue weighted by Crippen LogP contribution is 2.48. The molecule has 2 aromatic rings. The molecule has 2 amide bonds. The molecule has 34 heavy (non-hydrogen) atoms. The van der Waals surface area contributed by atoms with Gasteiger partial charge in [0.25, 0.3) is 11.8 Å². The van der Waals surface area contributed by atoms with E-state index in [1.807, 2.05) is 0 Å². The predicted octanol–water partition coefficient (Wildman–Crippen LogP) is 4.78. The highest BCUT2D eigenvalue weighted by atomic mass is 32.1. The van der Waals surface area contributed by atoms with Crippen LogP contribution < -0.4 is 15.1 Å². The summed E-state index contributed by atoms with van der Waals surface area (Å²) in [4.78, 5) is 31.9. The second-order valence-corrected chi connectivity index (χ2v) is 9.03. The van der Waals surface area contributed by atoms with E-state index >= 15 is 0 Å². The van der Waals surface area contributed by atoms with Crippen molar-refractivity contribution in [2.45, 2.75) is 50.7 Å². The lowest BCUT2D eigenvalue weighted by atomic mass is 9.75. The Hall–Kier alpha value is -3.08. The first-order valence-corrected chi connectivity index (χ1v) is 11.1. The minimum Gasteiger partial charge on any atom is -0.355 e. The fraction of sp³-hybridized carbons (Fsp3) is 0.391. The minimum absolute atomic E-state index is 0.0657. The zero-order valence-electron chi connectivity index (χ0n) is 18.7. The molecule has 0 atom stereocenters. The maximum absolute atomic E-state index is 14.7. The summed E-state index contributed by atoms with van der Waals surface area (Å²) in [5.74, 6) is -2.38. The van der Waals surface area contributed by atoms with Gasteiger partial charge in [-0.3, -0.25) is 19.5 Å². The molecule has 1 saturated heterocycles. The molecule has 1 aliphatic carbocycles. The number of pyridine rings is 1. The fourth-order valence-corrected chi connectivity index (χ4v) is 4.91. The maximum atomic E-state index is 14.7. The molecule has 6 nitrogen and oxygen atoms in total. The molecule has 0 unspecified atom stereocenters. The van der Waals surface area contributed by atoms with Crippen molar-refractivity contribution in [3.8, 4) is 0 Å². The monoisotopic (exact) mass is 494 g/mol. The summed E-state index contributed by atoms with van der Waals surface area (Å²) >= 11 is 5.54. The smallest absolute Gasteiger partial charge is 0.355 e. The second kappa shape index (κ2) is 8.30. The summed E-state index contributed by atoms with van der Waals surface area (Å²) in [5.41, 5.74) is -2.21. The Balaban J connectivity index is 1.80. The van der Waals surface area contributed by atoms with Crippen molar-refractivity contribution < 1.29 is 27.2 Å². The van der Waals surface area contributed by atoms with E-state index in [0.29, 0.717) is 19.3 Å². The van der Waals surface area contributed by atoms with Gasteiger partial charge in [0.2, 0.25) is 0 Å². The van der Waals surface area contributed by atoms with Gasteiger partial charge in [-0.25, -0.2) is 4.39 Å². The van der Waals surface area contributed by atoms with Crippen LogP contribution in [0.3, 0.4) is 0 Å². The largest absolute Gasteiger partial charge is 0.418 e. The molecule has 1 aromatic heterocycles. The number of alkyl halides is 3. The Labute approximate surface area is 198 Å². The van der Waals surface area contributed by atoms with Crippen molar-refractivity contribution in [2.75, 3.05) is 16.8 Å². The number of rotatable bonds is 4. The van der Waals surface area contributed by atoms with Crippen LogP contribution in [0.1, 0.15) is 60.6 Å². The minimum atomic E-state index is -4.67. The third-order valence-electron chi connectivity index (χ3n) is 6.29. The van der Waals surface area contributed by atoms with E-state index in [2.05, 4.69) is 10.3 Å². The van der Waals surface area contributed by atoms with Gasteiger partial charge >= 0.3 is 6.18 Å². The normalized spacial score (nSPS) is 17.5. The number of hydrogen-bond donors (Lipinski definition) is 1. The molecule has 0 radical (unpaired) electrons. The number of hydrogen-bond acceptors (Lipinski definition) is 4. The molecule has 11 heteroatoms. The van der Waals surface area contributed by atoms with Crippen LogP contribution in [-0.2, 0) is 11.0 Å². The Kier molecular flexibility index (Phi) is 5.87. The molecule has 1 N–H and O–H groups in total. The van der Waals surface area contributed by atoms with Crippen LogP contribution in [0.5, 0.6) is 0 Å². The molecule has 1 saturated carbocycles. The molecule has 1 spiro atoms. The summed E-state index contributed by atoms with van der Waals surface area (Å²) < 4.78 is 56.0. The van der Waals surface area contributed by atoms with Gasteiger partial charge < -0.3 is 10.2 Å². The van der Waals surface area contributed by atoms with Crippen LogP contribution in [0, 0.1) is 5.82 Å².